The molecule has 2 amide bonds. The van der Waals surface area contributed by atoms with Crippen LogP contribution in [0.2, 0.25) is 0 Å². The van der Waals surface area contributed by atoms with Gasteiger partial charge in [-0.15, -0.1) is 0 Å². The number of para-hydroxylation sites is 4. The first-order chi connectivity index (χ1) is 14.3. The van der Waals surface area contributed by atoms with Crippen molar-refractivity contribution in [2.45, 2.75) is 13.8 Å². The molecule has 1 radical (unpaired) electrons. The van der Waals surface area contributed by atoms with Crippen molar-refractivity contribution in [1.82, 2.24) is 0 Å². The average molecular weight is 476 g/mol. The van der Waals surface area contributed by atoms with E-state index in [2.05, 4.69) is 10.6 Å². The maximum atomic E-state index is 11.2. The molecule has 0 bridgehead atoms. The molecule has 9 heteroatoms. The fourth-order valence-corrected chi connectivity index (χ4v) is 2.20. The fraction of sp³-hybridized carbons (Fsp3) is 0.182. The topological polar surface area (TPSA) is 111 Å². The summed E-state index contributed by atoms with van der Waals surface area (Å²) >= 11 is 0. The number of ketones is 2. The minimum atomic E-state index is -0.452. The summed E-state index contributed by atoms with van der Waals surface area (Å²) in [5.41, 5.74) is 1.09. The van der Waals surface area contributed by atoms with Crippen LogP contribution in [0.4, 0.5) is 11.4 Å². The van der Waals surface area contributed by atoms with Crippen molar-refractivity contribution in [2.24, 2.45) is 0 Å². The summed E-state index contributed by atoms with van der Waals surface area (Å²) in [7, 11) is 3.03. The quantitative estimate of drug-likeness (QED) is 0.345. The molecule has 2 rings (SSSR count). The maximum absolute atomic E-state index is 11.2. The number of rotatable bonds is 8. The number of carbonyl (C=O) groups is 4. The summed E-state index contributed by atoms with van der Waals surface area (Å²) in [6.07, 6.45) is 1.98. The maximum Gasteiger partial charge on any atom is 2.00 e. The molecule has 0 saturated heterocycles. The van der Waals surface area contributed by atoms with Gasteiger partial charge in [0, 0.05) is 11.6 Å². The molecule has 2 aromatic rings. The number of nitrogens with one attached hydrogen (secondary N) is 2. The van der Waals surface area contributed by atoms with Gasteiger partial charge in [0.25, 0.3) is 0 Å². The Morgan fingerprint density at radius 2 is 1.00 bits per heavy atom. The van der Waals surface area contributed by atoms with Gasteiger partial charge in [-0.25, -0.2) is 12.8 Å². The summed E-state index contributed by atoms with van der Waals surface area (Å²) < 4.78 is 10.1. The molecular weight excluding hydrogens is 452 g/mol. The minimum Gasteiger partial charge on any atom is -0.495 e. The van der Waals surface area contributed by atoms with Gasteiger partial charge in [0.2, 0.25) is 0 Å². The molecule has 0 aliphatic rings. The number of hydrogen-bond donors (Lipinski definition) is 2. The summed E-state index contributed by atoms with van der Waals surface area (Å²) in [6.45, 7) is 2.64. The SMILES string of the molecule is COc1ccccc1NC(=O)[CH-]C(C)=O.COc1ccccc1NC(=O)[CH-]C(C)=O.[Cu+2]. The molecular formula is C22H24CuN2O6. The van der Waals surface area contributed by atoms with Gasteiger partial charge in [-0.1, -0.05) is 24.3 Å². The van der Waals surface area contributed by atoms with E-state index in [1.165, 1.54) is 28.1 Å². The molecule has 31 heavy (non-hydrogen) atoms. The Hall–Kier alpha value is -3.42. The van der Waals surface area contributed by atoms with E-state index in [0.29, 0.717) is 22.9 Å². The Kier molecular flexibility index (Phi) is 12.9. The van der Waals surface area contributed by atoms with E-state index >= 15 is 0 Å². The summed E-state index contributed by atoms with van der Waals surface area (Å²) in [4.78, 5) is 43.8. The Labute approximate surface area is 192 Å². The first kappa shape index (κ1) is 27.6. The second-order valence-electron chi connectivity index (χ2n) is 5.89. The third-order valence-corrected chi connectivity index (χ3v) is 3.40. The minimum absolute atomic E-state index is 0. The van der Waals surface area contributed by atoms with E-state index in [1.54, 1.807) is 48.5 Å². The zero-order valence-corrected chi connectivity index (χ0v) is 18.5. The van der Waals surface area contributed by atoms with Crippen LogP contribution in [0.25, 0.3) is 0 Å². The number of ether oxygens (including phenoxy) is 2. The van der Waals surface area contributed by atoms with Gasteiger partial charge in [-0.2, -0.15) is 0 Å². The number of Topliss-reactive ketones (excluding diaryl/α,β-unsaturated/α-hetero) is 2. The van der Waals surface area contributed by atoms with Crippen molar-refractivity contribution < 1.29 is 45.7 Å². The Bertz CT molecular complexity index is 828. The van der Waals surface area contributed by atoms with Crippen molar-refractivity contribution in [1.29, 1.82) is 0 Å². The molecule has 0 fully saturated rings. The molecule has 0 aromatic heterocycles. The van der Waals surface area contributed by atoms with Crippen LogP contribution in [0.3, 0.4) is 0 Å². The van der Waals surface area contributed by atoms with Gasteiger partial charge in [-0.05, 0) is 38.1 Å². The van der Waals surface area contributed by atoms with Crippen LogP contribution in [0.1, 0.15) is 13.8 Å². The number of methoxy groups -OCH3 is 2. The van der Waals surface area contributed by atoms with Crippen LogP contribution in [-0.4, -0.2) is 37.6 Å². The predicted octanol–water partition coefficient (Wildman–Crippen LogP) is 2.85. The van der Waals surface area contributed by atoms with Crippen LogP contribution in [0.5, 0.6) is 11.5 Å². The van der Waals surface area contributed by atoms with Crippen molar-refractivity contribution in [3.05, 3.63) is 61.4 Å². The number of amides is 2. The van der Waals surface area contributed by atoms with Crippen molar-refractivity contribution in [3.63, 3.8) is 0 Å². The third-order valence-electron chi connectivity index (χ3n) is 3.40. The zero-order valence-electron chi connectivity index (χ0n) is 17.5. The summed E-state index contributed by atoms with van der Waals surface area (Å²) in [5.74, 6) is -0.366. The van der Waals surface area contributed by atoms with E-state index in [1.807, 2.05) is 0 Å². The van der Waals surface area contributed by atoms with Crippen LogP contribution in [0.15, 0.2) is 48.5 Å². The zero-order chi connectivity index (χ0) is 22.5. The van der Waals surface area contributed by atoms with Crippen LogP contribution in [0, 0.1) is 12.8 Å². The molecule has 0 aliphatic carbocycles. The van der Waals surface area contributed by atoms with Crippen molar-refractivity contribution in [2.75, 3.05) is 24.9 Å². The second kappa shape index (κ2) is 14.5. The Balaban J connectivity index is 0.000000562. The number of hydrogen-bond acceptors (Lipinski definition) is 6. The molecule has 0 spiro atoms. The molecule has 8 nitrogen and oxygen atoms in total. The molecule has 169 valence electrons. The first-order valence-corrected chi connectivity index (χ1v) is 8.85. The van der Waals surface area contributed by atoms with Gasteiger partial charge in [0.05, 0.1) is 37.4 Å². The van der Waals surface area contributed by atoms with Gasteiger partial charge in [0.1, 0.15) is 11.5 Å². The van der Waals surface area contributed by atoms with Crippen molar-refractivity contribution in [3.8, 4) is 11.5 Å². The van der Waals surface area contributed by atoms with Gasteiger partial charge >= 0.3 is 17.1 Å². The normalized spacial score (nSPS) is 8.90. The monoisotopic (exact) mass is 475 g/mol. The summed E-state index contributed by atoms with van der Waals surface area (Å²) in [6, 6.07) is 14.0. The van der Waals surface area contributed by atoms with Gasteiger partial charge < -0.3 is 39.3 Å². The molecule has 0 saturated carbocycles. The molecule has 2 aromatic carbocycles. The standard InChI is InChI=1S/2C11H12NO3.Cu/c2*1-8(13)7-11(14)12-9-5-3-4-6-10(9)15-2;/h2*3-7H,1-2H3,(H,12,14);/q2*-1;+2. The Morgan fingerprint density at radius 3 is 1.29 bits per heavy atom. The van der Waals surface area contributed by atoms with E-state index < -0.39 is 11.8 Å². The molecule has 0 aliphatic heterocycles. The predicted molar refractivity (Wildman–Crippen MR) is 113 cm³/mol. The van der Waals surface area contributed by atoms with Gasteiger partial charge in [0.15, 0.2) is 0 Å². The molecule has 2 N–H and O–H groups in total. The largest absolute Gasteiger partial charge is 2.00 e. The van der Waals surface area contributed by atoms with E-state index in [4.69, 9.17) is 9.47 Å². The molecule has 0 heterocycles. The molecule has 0 unspecified atom stereocenters. The molecule has 0 atom stereocenters. The summed E-state index contributed by atoms with van der Waals surface area (Å²) in [5, 5.41) is 5.10. The average Bonchev–Trinajstić information content (AvgIpc) is 2.68. The number of benzene rings is 2. The second-order valence-corrected chi connectivity index (χ2v) is 5.89. The Morgan fingerprint density at radius 1 is 0.677 bits per heavy atom. The fourth-order valence-electron chi connectivity index (χ4n) is 2.20. The number of carbonyl (C=O) groups excluding carboxylic acids is 4. The first-order valence-electron chi connectivity index (χ1n) is 8.85. The van der Waals surface area contributed by atoms with E-state index in [0.717, 1.165) is 12.8 Å². The van der Waals surface area contributed by atoms with E-state index in [9.17, 15) is 19.2 Å². The van der Waals surface area contributed by atoms with Crippen LogP contribution >= 0.6 is 0 Å². The van der Waals surface area contributed by atoms with Gasteiger partial charge in [-0.3, -0.25) is 0 Å². The smallest absolute Gasteiger partial charge is 0.495 e. The van der Waals surface area contributed by atoms with E-state index in [-0.39, 0.29) is 28.6 Å². The van der Waals surface area contributed by atoms with Crippen LogP contribution in [-0.2, 0) is 36.2 Å². The number of anilines is 2. The van der Waals surface area contributed by atoms with Crippen LogP contribution < -0.4 is 20.1 Å². The third kappa shape index (κ3) is 10.8. The van der Waals surface area contributed by atoms with Crippen molar-refractivity contribution >= 4 is 34.8 Å².